The highest BCUT2D eigenvalue weighted by Gasteiger charge is 2.15. The van der Waals surface area contributed by atoms with E-state index in [9.17, 15) is 13.2 Å². The SMILES string of the molecule is CS(=O)(=O)Nc1ccc(Cl)cc1C(=O)NCCCN1CCCCC1. The molecule has 1 aliphatic heterocycles. The van der Waals surface area contributed by atoms with Gasteiger partial charge in [-0.1, -0.05) is 18.0 Å². The second-order valence-corrected chi connectivity index (χ2v) is 8.26. The number of anilines is 1. The molecule has 0 saturated carbocycles. The third kappa shape index (κ3) is 6.30. The first-order valence-electron chi connectivity index (χ1n) is 8.13. The van der Waals surface area contributed by atoms with Gasteiger partial charge in [0.15, 0.2) is 0 Å². The van der Waals surface area contributed by atoms with Gasteiger partial charge in [-0.25, -0.2) is 8.42 Å². The lowest BCUT2D eigenvalue weighted by Crippen LogP contribution is -2.33. The van der Waals surface area contributed by atoms with Crippen LogP contribution in [0.3, 0.4) is 0 Å². The number of sulfonamides is 1. The van der Waals surface area contributed by atoms with Crippen LogP contribution in [0.5, 0.6) is 0 Å². The van der Waals surface area contributed by atoms with Crippen LogP contribution in [0.2, 0.25) is 5.02 Å². The maximum atomic E-state index is 12.3. The molecule has 1 aromatic carbocycles. The number of benzene rings is 1. The zero-order valence-corrected chi connectivity index (χ0v) is 15.4. The van der Waals surface area contributed by atoms with E-state index >= 15 is 0 Å². The van der Waals surface area contributed by atoms with E-state index in [2.05, 4.69) is 14.9 Å². The minimum absolute atomic E-state index is 0.228. The minimum atomic E-state index is -3.47. The van der Waals surface area contributed by atoms with Crippen LogP contribution >= 0.6 is 11.6 Å². The molecule has 0 aliphatic carbocycles. The summed E-state index contributed by atoms with van der Waals surface area (Å²) in [5.74, 6) is -0.331. The van der Waals surface area contributed by atoms with Crippen LogP contribution in [-0.4, -0.2) is 51.7 Å². The van der Waals surface area contributed by atoms with Crippen molar-refractivity contribution < 1.29 is 13.2 Å². The van der Waals surface area contributed by atoms with Gasteiger partial charge in [-0.15, -0.1) is 0 Å². The molecule has 1 saturated heterocycles. The molecular weight excluding hydrogens is 350 g/mol. The molecule has 1 aliphatic rings. The molecule has 24 heavy (non-hydrogen) atoms. The third-order valence-corrected chi connectivity index (χ3v) is 4.73. The van der Waals surface area contributed by atoms with E-state index in [1.807, 2.05) is 0 Å². The smallest absolute Gasteiger partial charge is 0.253 e. The molecular formula is C16H24ClN3O3S. The van der Waals surface area contributed by atoms with Gasteiger partial charge in [0.1, 0.15) is 0 Å². The second-order valence-electron chi connectivity index (χ2n) is 6.08. The molecule has 0 bridgehead atoms. The topological polar surface area (TPSA) is 78.5 Å². The summed E-state index contributed by atoms with van der Waals surface area (Å²) >= 11 is 5.93. The minimum Gasteiger partial charge on any atom is -0.352 e. The van der Waals surface area contributed by atoms with Crippen molar-refractivity contribution >= 4 is 33.2 Å². The van der Waals surface area contributed by atoms with Crippen molar-refractivity contribution in [2.75, 3.05) is 37.2 Å². The summed E-state index contributed by atoms with van der Waals surface area (Å²) in [5, 5.41) is 3.21. The molecule has 6 nitrogen and oxygen atoms in total. The zero-order valence-electron chi connectivity index (χ0n) is 13.8. The number of nitrogens with zero attached hydrogens (tertiary/aromatic N) is 1. The lowest BCUT2D eigenvalue weighted by Gasteiger charge is -2.26. The van der Waals surface area contributed by atoms with Crippen molar-refractivity contribution in [1.29, 1.82) is 0 Å². The van der Waals surface area contributed by atoms with Gasteiger partial charge < -0.3 is 10.2 Å². The van der Waals surface area contributed by atoms with Gasteiger partial charge in [0.05, 0.1) is 17.5 Å². The fourth-order valence-electron chi connectivity index (χ4n) is 2.78. The molecule has 1 amide bonds. The van der Waals surface area contributed by atoms with E-state index in [4.69, 9.17) is 11.6 Å². The Bertz CT molecular complexity index is 673. The lowest BCUT2D eigenvalue weighted by molar-refractivity contribution is 0.0952. The highest BCUT2D eigenvalue weighted by Crippen LogP contribution is 2.21. The Balaban J connectivity index is 1.90. The van der Waals surface area contributed by atoms with Crippen LogP contribution in [0.4, 0.5) is 5.69 Å². The molecule has 0 radical (unpaired) electrons. The average molecular weight is 374 g/mol. The van der Waals surface area contributed by atoms with Gasteiger partial charge in [0.25, 0.3) is 5.91 Å². The van der Waals surface area contributed by atoms with E-state index in [0.717, 1.165) is 32.3 Å². The molecule has 1 heterocycles. The number of carbonyl (C=O) groups is 1. The highest BCUT2D eigenvalue weighted by molar-refractivity contribution is 7.92. The van der Waals surface area contributed by atoms with Crippen molar-refractivity contribution in [3.63, 3.8) is 0 Å². The van der Waals surface area contributed by atoms with Crippen molar-refractivity contribution in [1.82, 2.24) is 10.2 Å². The molecule has 0 atom stereocenters. The number of hydrogen-bond donors (Lipinski definition) is 2. The van der Waals surface area contributed by atoms with Gasteiger partial charge in [-0.05, 0) is 57.1 Å². The van der Waals surface area contributed by atoms with Gasteiger partial charge in [-0.3, -0.25) is 9.52 Å². The number of hydrogen-bond acceptors (Lipinski definition) is 4. The molecule has 2 rings (SSSR count). The Hall–Kier alpha value is -1.31. The Morgan fingerprint density at radius 2 is 1.96 bits per heavy atom. The van der Waals surface area contributed by atoms with E-state index < -0.39 is 10.0 Å². The van der Waals surface area contributed by atoms with Crippen molar-refractivity contribution in [3.8, 4) is 0 Å². The highest BCUT2D eigenvalue weighted by atomic mass is 35.5. The summed E-state index contributed by atoms with van der Waals surface area (Å²) < 4.78 is 25.2. The summed E-state index contributed by atoms with van der Waals surface area (Å²) in [6.07, 6.45) is 5.70. The quantitative estimate of drug-likeness (QED) is 0.719. The first-order chi connectivity index (χ1) is 11.3. The number of rotatable bonds is 7. The van der Waals surface area contributed by atoms with Crippen LogP contribution in [-0.2, 0) is 10.0 Å². The molecule has 0 spiro atoms. The number of nitrogens with one attached hydrogen (secondary N) is 2. The maximum Gasteiger partial charge on any atom is 0.253 e. The van der Waals surface area contributed by atoms with Crippen LogP contribution in [0, 0.1) is 0 Å². The standard InChI is InChI=1S/C16H24ClN3O3S/c1-24(22,23)19-15-7-6-13(17)12-14(15)16(21)18-8-5-11-20-9-3-2-4-10-20/h6-7,12,19H,2-5,8-11H2,1H3,(H,18,21). The van der Waals surface area contributed by atoms with Crippen molar-refractivity contribution in [2.45, 2.75) is 25.7 Å². The van der Waals surface area contributed by atoms with Crippen LogP contribution in [0.1, 0.15) is 36.0 Å². The van der Waals surface area contributed by atoms with Crippen LogP contribution in [0.25, 0.3) is 0 Å². The average Bonchev–Trinajstić information content (AvgIpc) is 2.53. The summed E-state index contributed by atoms with van der Waals surface area (Å²) in [6.45, 7) is 3.76. The molecule has 0 aromatic heterocycles. The summed E-state index contributed by atoms with van der Waals surface area (Å²) in [5.41, 5.74) is 0.460. The zero-order chi connectivity index (χ0) is 17.6. The number of amides is 1. The molecule has 134 valence electrons. The first kappa shape index (κ1) is 19.0. The monoisotopic (exact) mass is 373 g/mol. The van der Waals surface area contributed by atoms with Gasteiger partial charge in [0, 0.05) is 11.6 Å². The largest absolute Gasteiger partial charge is 0.352 e. The predicted octanol–water partition coefficient (Wildman–Crippen LogP) is 2.32. The fourth-order valence-corrected chi connectivity index (χ4v) is 3.53. The molecule has 1 aromatic rings. The maximum absolute atomic E-state index is 12.3. The summed E-state index contributed by atoms with van der Waals surface area (Å²) in [6, 6.07) is 4.50. The van der Waals surface area contributed by atoms with Crippen LogP contribution < -0.4 is 10.0 Å². The number of carbonyl (C=O) groups excluding carboxylic acids is 1. The normalized spacial score (nSPS) is 15.9. The number of likely N-dealkylation sites (tertiary alicyclic amines) is 1. The third-order valence-electron chi connectivity index (χ3n) is 3.91. The Morgan fingerprint density at radius 3 is 2.62 bits per heavy atom. The van der Waals surface area contributed by atoms with E-state index in [1.54, 1.807) is 6.07 Å². The van der Waals surface area contributed by atoms with Gasteiger partial charge in [0.2, 0.25) is 10.0 Å². The lowest BCUT2D eigenvalue weighted by atomic mass is 10.1. The van der Waals surface area contributed by atoms with Crippen molar-refractivity contribution in [3.05, 3.63) is 28.8 Å². The summed E-state index contributed by atoms with van der Waals surface area (Å²) in [7, 11) is -3.47. The van der Waals surface area contributed by atoms with Gasteiger partial charge >= 0.3 is 0 Å². The molecule has 2 N–H and O–H groups in total. The summed E-state index contributed by atoms with van der Waals surface area (Å²) in [4.78, 5) is 14.7. The van der Waals surface area contributed by atoms with E-state index in [1.165, 1.54) is 31.4 Å². The van der Waals surface area contributed by atoms with E-state index in [-0.39, 0.29) is 17.2 Å². The number of piperidine rings is 1. The van der Waals surface area contributed by atoms with E-state index in [0.29, 0.717) is 11.6 Å². The first-order valence-corrected chi connectivity index (χ1v) is 10.4. The van der Waals surface area contributed by atoms with Crippen LogP contribution in [0.15, 0.2) is 18.2 Å². The number of halogens is 1. The second kappa shape index (κ2) is 8.69. The van der Waals surface area contributed by atoms with Gasteiger partial charge in [-0.2, -0.15) is 0 Å². The molecule has 8 heteroatoms. The fraction of sp³-hybridized carbons (Fsp3) is 0.562. The molecule has 0 unspecified atom stereocenters. The Labute approximate surface area is 148 Å². The molecule has 1 fully saturated rings. The predicted molar refractivity (Wildman–Crippen MR) is 97.2 cm³/mol. The Morgan fingerprint density at radius 1 is 1.25 bits per heavy atom. The Kier molecular flexibility index (Phi) is 6.89. The van der Waals surface area contributed by atoms with Crippen molar-refractivity contribution in [2.24, 2.45) is 0 Å².